The molecule has 19 heavy (non-hydrogen) atoms. The van der Waals surface area contributed by atoms with Crippen molar-refractivity contribution in [3.63, 3.8) is 0 Å². The van der Waals surface area contributed by atoms with Crippen LogP contribution < -0.4 is 5.32 Å². The van der Waals surface area contributed by atoms with E-state index in [0.717, 1.165) is 52.1 Å². The Morgan fingerprint density at radius 3 is 2.11 bits per heavy atom. The summed E-state index contributed by atoms with van der Waals surface area (Å²) in [5, 5.41) is 3.40. The fraction of sp³-hybridized carbons (Fsp3) is 0.857. The van der Waals surface area contributed by atoms with Gasteiger partial charge in [0.25, 0.3) is 0 Å². The van der Waals surface area contributed by atoms with E-state index in [9.17, 15) is 9.59 Å². The predicted octanol–water partition coefficient (Wildman–Crippen LogP) is -0.0773. The second-order valence-electron chi connectivity index (χ2n) is 6.20. The summed E-state index contributed by atoms with van der Waals surface area (Å²) in [5.74, 6) is 1.94. The molecular formula is C14H23N3O2. The molecule has 1 N–H and O–H groups in total. The summed E-state index contributed by atoms with van der Waals surface area (Å²) in [6, 6.07) is 0. The maximum atomic E-state index is 12.5. The summed E-state index contributed by atoms with van der Waals surface area (Å²) >= 11 is 0. The number of carbonyl (C=O) groups is 2. The third-order valence-corrected chi connectivity index (χ3v) is 4.99. The topological polar surface area (TPSA) is 52.7 Å². The summed E-state index contributed by atoms with van der Waals surface area (Å²) in [4.78, 5) is 27.7. The zero-order valence-corrected chi connectivity index (χ0v) is 11.6. The Hall–Kier alpha value is -1.10. The molecule has 0 aromatic heterocycles. The van der Waals surface area contributed by atoms with Gasteiger partial charge in [-0.15, -0.1) is 0 Å². The van der Waals surface area contributed by atoms with Crippen LogP contribution in [0.5, 0.6) is 0 Å². The van der Waals surface area contributed by atoms with Crippen LogP contribution in [-0.4, -0.2) is 60.9 Å². The normalized spacial score (nSPS) is 31.6. The summed E-state index contributed by atoms with van der Waals surface area (Å²) in [6.07, 6.45) is 1.67. The molecule has 5 nitrogen and oxygen atoms in total. The van der Waals surface area contributed by atoms with E-state index in [1.165, 1.54) is 0 Å². The van der Waals surface area contributed by atoms with Gasteiger partial charge in [-0.3, -0.25) is 9.59 Å². The fourth-order valence-corrected chi connectivity index (χ4v) is 3.73. The smallest absolute Gasteiger partial charge is 0.225 e. The highest BCUT2D eigenvalue weighted by Gasteiger charge is 2.40. The number of fused-ring (bicyclic) bond motifs is 1. The lowest BCUT2D eigenvalue weighted by Gasteiger charge is -2.32. The van der Waals surface area contributed by atoms with Crippen molar-refractivity contribution in [2.75, 3.05) is 39.3 Å². The van der Waals surface area contributed by atoms with Crippen LogP contribution in [0.4, 0.5) is 0 Å². The van der Waals surface area contributed by atoms with Gasteiger partial charge in [0.05, 0.1) is 0 Å². The Balaban J connectivity index is 1.53. The molecule has 0 saturated carbocycles. The van der Waals surface area contributed by atoms with Crippen LogP contribution in [0.2, 0.25) is 0 Å². The number of carbonyl (C=O) groups excluding carboxylic acids is 2. The van der Waals surface area contributed by atoms with Crippen LogP contribution in [0.15, 0.2) is 0 Å². The fourth-order valence-electron chi connectivity index (χ4n) is 3.73. The Labute approximate surface area is 114 Å². The number of nitrogens with one attached hydrogen (secondary N) is 1. The molecule has 106 valence electrons. The Kier molecular flexibility index (Phi) is 3.48. The Morgan fingerprint density at radius 2 is 1.58 bits per heavy atom. The van der Waals surface area contributed by atoms with E-state index in [1.807, 2.05) is 4.90 Å². The third kappa shape index (κ3) is 2.48. The van der Waals surface area contributed by atoms with Gasteiger partial charge in [0.1, 0.15) is 0 Å². The van der Waals surface area contributed by atoms with Gasteiger partial charge in [0.2, 0.25) is 11.8 Å². The largest absolute Gasteiger partial charge is 0.343 e. The van der Waals surface area contributed by atoms with Crippen molar-refractivity contribution in [3.05, 3.63) is 0 Å². The quantitative estimate of drug-likeness (QED) is 0.722. The van der Waals surface area contributed by atoms with Crippen molar-refractivity contribution in [3.8, 4) is 0 Å². The van der Waals surface area contributed by atoms with E-state index >= 15 is 0 Å². The first-order valence-electron chi connectivity index (χ1n) is 7.40. The van der Waals surface area contributed by atoms with Crippen LogP contribution >= 0.6 is 0 Å². The zero-order chi connectivity index (χ0) is 13.4. The lowest BCUT2D eigenvalue weighted by atomic mass is 9.95. The molecule has 3 saturated heterocycles. The predicted molar refractivity (Wildman–Crippen MR) is 71.4 cm³/mol. The van der Waals surface area contributed by atoms with Crippen LogP contribution in [-0.2, 0) is 9.59 Å². The van der Waals surface area contributed by atoms with Crippen molar-refractivity contribution >= 4 is 11.8 Å². The van der Waals surface area contributed by atoms with Gasteiger partial charge in [-0.2, -0.15) is 0 Å². The van der Waals surface area contributed by atoms with E-state index in [1.54, 1.807) is 6.92 Å². The van der Waals surface area contributed by atoms with E-state index in [-0.39, 0.29) is 11.8 Å². The molecule has 3 aliphatic rings. The molecular weight excluding hydrogens is 242 g/mol. The molecule has 0 spiro atoms. The molecule has 0 aromatic carbocycles. The average Bonchev–Trinajstić information content (AvgIpc) is 2.98. The van der Waals surface area contributed by atoms with Gasteiger partial charge in [-0.25, -0.2) is 0 Å². The molecule has 0 aromatic rings. The molecule has 2 atom stereocenters. The second-order valence-corrected chi connectivity index (χ2v) is 6.20. The second kappa shape index (κ2) is 5.12. The van der Waals surface area contributed by atoms with Crippen LogP contribution in [0.25, 0.3) is 0 Å². The number of likely N-dealkylation sites (tertiary alicyclic amines) is 2. The summed E-state index contributed by atoms with van der Waals surface area (Å²) in [6.45, 7) is 7.10. The Bertz CT molecular complexity index is 365. The first kappa shape index (κ1) is 12.9. The molecule has 3 rings (SSSR count). The highest BCUT2D eigenvalue weighted by molar-refractivity contribution is 5.80. The maximum absolute atomic E-state index is 12.5. The molecule has 5 heteroatoms. The van der Waals surface area contributed by atoms with E-state index in [4.69, 9.17) is 0 Å². The first-order valence-corrected chi connectivity index (χ1v) is 7.40. The van der Waals surface area contributed by atoms with E-state index in [2.05, 4.69) is 10.2 Å². The van der Waals surface area contributed by atoms with Gasteiger partial charge in [0.15, 0.2) is 0 Å². The maximum Gasteiger partial charge on any atom is 0.225 e. The van der Waals surface area contributed by atoms with Crippen molar-refractivity contribution in [2.45, 2.75) is 19.8 Å². The number of piperidine rings is 1. The molecule has 0 radical (unpaired) electrons. The highest BCUT2D eigenvalue weighted by Crippen LogP contribution is 2.29. The standard InChI is InChI=1S/C14H23N3O2/c1-10(18)16-4-2-11(3-5-16)14(19)17-8-12-6-15-7-13(12)9-17/h11-13,15H,2-9H2,1H3. The van der Waals surface area contributed by atoms with Gasteiger partial charge < -0.3 is 15.1 Å². The van der Waals surface area contributed by atoms with E-state index < -0.39 is 0 Å². The summed E-state index contributed by atoms with van der Waals surface area (Å²) in [5.41, 5.74) is 0. The van der Waals surface area contributed by atoms with Crippen LogP contribution in [0, 0.1) is 17.8 Å². The van der Waals surface area contributed by atoms with Crippen molar-refractivity contribution in [1.82, 2.24) is 15.1 Å². The average molecular weight is 265 g/mol. The van der Waals surface area contributed by atoms with Gasteiger partial charge in [-0.1, -0.05) is 0 Å². The number of hydrogen-bond donors (Lipinski definition) is 1. The summed E-state index contributed by atoms with van der Waals surface area (Å²) in [7, 11) is 0. The zero-order valence-electron chi connectivity index (χ0n) is 11.6. The lowest BCUT2D eigenvalue weighted by molar-refractivity contribution is -0.139. The molecule has 3 fully saturated rings. The minimum atomic E-state index is 0.132. The summed E-state index contributed by atoms with van der Waals surface area (Å²) < 4.78 is 0. The van der Waals surface area contributed by atoms with Crippen LogP contribution in [0.3, 0.4) is 0 Å². The van der Waals surface area contributed by atoms with Crippen molar-refractivity contribution < 1.29 is 9.59 Å². The van der Waals surface area contributed by atoms with Crippen molar-refractivity contribution in [2.24, 2.45) is 17.8 Å². The first-order chi connectivity index (χ1) is 9.15. The molecule has 2 amide bonds. The van der Waals surface area contributed by atoms with Gasteiger partial charge in [-0.05, 0) is 24.7 Å². The van der Waals surface area contributed by atoms with Crippen molar-refractivity contribution in [1.29, 1.82) is 0 Å². The SMILES string of the molecule is CC(=O)N1CCC(C(=O)N2CC3CNCC3C2)CC1. The number of rotatable bonds is 1. The minimum Gasteiger partial charge on any atom is -0.343 e. The highest BCUT2D eigenvalue weighted by atomic mass is 16.2. The Morgan fingerprint density at radius 1 is 1.00 bits per heavy atom. The molecule has 0 bridgehead atoms. The molecule has 2 unspecified atom stereocenters. The number of amides is 2. The van der Waals surface area contributed by atoms with Gasteiger partial charge >= 0.3 is 0 Å². The molecule has 3 heterocycles. The van der Waals surface area contributed by atoms with Gasteiger partial charge in [0, 0.05) is 52.1 Å². The molecule has 0 aliphatic carbocycles. The number of hydrogen-bond acceptors (Lipinski definition) is 3. The molecule has 3 aliphatic heterocycles. The van der Waals surface area contributed by atoms with Crippen LogP contribution in [0.1, 0.15) is 19.8 Å². The number of nitrogens with zero attached hydrogens (tertiary/aromatic N) is 2. The monoisotopic (exact) mass is 265 g/mol. The minimum absolute atomic E-state index is 0.132. The lowest BCUT2D eigenvalue weighted by Crippen LogP contribution is -2.43. The van der Waals surface area contributed by atoms with E-state index in [0.29, 0.717) is 17.7 Å². The third-order valence-electron chi connectivity index (χ3n) is 4.99.